The summed E-state index contributed by atoms with van der Waals surface area (Å²) in [6.07, 6.45) is 0. The SMILES string of the molecule is O=S(=O)(Oc1c(Br)cc(Br)cc1Br)c1cccc(S(=O)(=O)Oc2c(Br)cc(Br)cc2Br)c1. The molecule has 0 spiro atoms. The predicted molar refractivity (Wildman–Crippen MR) is 141 cm³/mol. The summed E-state index contributed by atoms with van der Waals surface area (Å²) < 4.78 is 64.7. The molecule has 0 saturated heterocycles. The highest BCUT2D eigenvalue weighted by molar-refractivity contribution is 9.12. The normalized spacial score (nSPS) is 11.9. The highest BCUT2D eigenvalue weighted by atomic mass is 79.9. The fraction of sp³-hybridized carbons (Fsp3) is 0. The molecular weight excluding hydrogens is 856 g/mol. The van der Waals surface area contributed by atoms with Crippen LogP contribution in [-0.4, -0.2) is 16.8 Å². The van der Waals surface area contributed by atoms with Gasteiger partial charge < -0.3 is 8.37 Å². The van der Waals surface area contributed by atoms with Gasteiger partial charge in [-0.05, 0) is 106 Å². The van der Waals surface area contributed by atoms with Crippen LogP contribution in [-0.2, 0) is 20.2 Å². The molecular formula is C18H8Br6O6S2. The van der Waals surface area contributed by atoms with Crippen molar-refractivity contribution in [2.45, 2.75) is 9.79 Å². The number of hydrogen-bond acceptors (Lipinski definition) is 6. The molecule has 0 unspecified atom stereocenters. The number of rotatable bonds is 6. The Morgan fingerprint density at radius 1 is 0.531 bits per heavy atom. The zero-order valence-corrected chi connectivity index (χ0v) is 26.3. The van der Waals surface area contributed by atoms with Gasteiger partial charge in [-0.2, -0.15) is 16.8 Å². The minimum Gasteiger partial charge on any atom is -0.377 e. The molecule has 0 N–H and O–H groups in total. The summed E-state index contributed by atoms with van der Waals surface area (Å²) in [4.78, 5) is -0.726. The fourth-order valence-corrected chi connectivity index (χ4v) is 9.69. The van der Waals surface area contributed by atoms with Crippen molar-refractivity contribution in [3.8, 4) is 11.5 Å². The lowest BCUT2D eigenvalue weighted by molar-refractivity contribution is 0.480. The van der Waals surface area contributed by atoms with E-state index in [1.54, 1.807) is 24.3 Å². The first-order valence-corrected chi connectivity index (χ1v) is 15.7. The minimum atomic E-state index is -4.37. The number of benzene rings is 3. The van der Waals surface area contributed by atoms with Crippen molar-refractivity contribution in [3.63, 3.8) is 0 Å². The molecule has 0 aliphatic heterocycles. The van der Waals surface area contributed by atoms with Gasteiger partial charge in [0, 0.05) is 8.95 Å². The lowest BCUT2D eigenvalue weighted by atomic mass is 10.3. The molecule has 0 atom stereocenters. The van der Waals surface area contributed by atoms with Gasteiger partial charge in [0.05, 0.1) is 17.9 Å². The van der Waals surface area contributed by atoms with Crippen LogP contribution in [0.1, 0.15) is 0 Å². The van der Waals surface area contributed by atoms with Gasteiger partial charge in [-0.15, -0.1) is 0 Å². The van der Waals surface area contributed by atoms with Gasteiger partial charge in [0.15, 0.2) is 11.5 Å². The molecule has 3 aromatic rings. The van der Waals surface area contributed by atoms with E-state index >= 15 is 0 Å². The van der Waals surface area contributed by atoms with E-state index in [-0.39, 0.29) is 21.3 Å². The Kier molecular flexibility index (Phi) is 8.61. The Morgan fingerprint density at radius 2 is 0.844 bits per heavy atom. The third-order valence-electron chi connectivity index (χ3n) is 3.70. The Hall–Kier alpha value is 0.0400. The first kappa shape index (κ1) is 26.6. The minimum absolute atomic E-state index is 0.0143. The van der Waals surface area contributed by atoms with E-state index in [1.165, 1.54) is 18.2 Å². The molecule has 3 rings (SSSR count). The molecule has 0 aliphatic rings. The average Bonchev–Trinajstić information content (AvgIpc) is 2.68. The van der Waals surface area contributed by atoms with Crippen LogP contribution < -0.4 is 8.37 Å². The Morgan fingerprint density at radius 3 is 1.16 bits per heavy atom. The molecule has 0 amide bonds. The Labute approximate surface area is 235 Å². The van der Waals surface area contributed by atoms with Crippen LogP contribution in [0.4, 0.5) is 0 Å². The van der Waals surface area contributed by atoms with Gasteiger partial charge in [-0.25, -0.2) is 0 Å². The maximum atomic E-state index is 12.8. The van der Waals surface area contributed by atoms with E-state index in [9.17, 15) is 16.8 Å². The maximum absolute atomic E-state index is 12.8. The van der Waals surface area contributed by atoms with Crippen molar-refractivity contribution in [2.24, 2.45) is 0 Å². The third kappa shape index (κ3) is 6.18. The maximum Gasteiger partial charge on any atom is 0.339 e. The smallest absolute Gasteiger partial charge is 0.339 e. The molecule has 0 aromatic heterocycles. The average molecular weight is 864 g/mol. The van der Waals surface area contributed by atoms with Gasteiger partial charge in [0.1, 0.15) is 9.79 Å². The summed E-state index contributed by atoms with van der Waals surface area (Å²) in [5.74, 6) is 0.0286. The highest BCUT2D eigenvalue weighted by Gasteiger charge is 2.25. The molecule has 0 saturated carbocycles. The van der Waals surface area contributed by atoms with Crippen molar-refractivity contribution in [1.29, 1.82) is 0 Å². The van der Waals surface area contributed by atoms with Crippen molar-refractivity contribution in [1.82, 2.24) is 0 Å². The van der Waals surface area contributed by atoms with Gasteiger partial charge >= 0.3 is 20.2 Å². The van der Waals surface area contributed by atoms with E-state index < -0.39 is 20.2 Å². The number of hydrogen-bond donors (Lipinski definition) is 0. The standard InChI is InChI=1S/C18H8Br6O6S2/c19-9-4-13(21)17(14(22)5-9)29-31(25,26)11-2-1-3-12(8-11)32(27,28)30-18-15(23)6-10(20)7-16(18)24/h1-8H. The van der Waals surface area contributed by atoms with Gasteiger partial charge in [-0.1, -0.05) is 37.9 Å². The first-order chi connectivity index (χ1) is 14.8. The molecule has 6 nitrogen and oxygen atoms in total. The molecule has 3 aromatic carbocycles. The Balaban J connectivity index is 1.97. The number of halogens is 6. The van der Waals surface area contributed by atoms with E-state index in [1.807, 2.05) is 0 Å². The van der Waals surface area contributed by atoms with Crippen LogP contribution in [0.2, 0.25) is 0 Å². The van der Waals surface area contributed by atoms with E-state index in [0.29, 0.717) is 26.8 Å². The quantitative estimate of drug-likeness (QED) is 0.236. The van der Waals surface area contributed by atoms with E-state index in [0.717, 1.165) is 6.07 Å². The van der Waals surface area contributed by atoms with E-state index in [4.69, 9.17) is 8.37 Å². The summed E-state index contributed by atoms with van der Waals surface area (Å²) in [5.41, 5.74) is 0. The third-order valence-corrected chi connectivity index (χ3v) is 9.40. The molecule has 32 heavy (non-hydrogen) atoms. The van der Waals surface area contributed by atoms with Crippen LogP contribution in [0, 0.1) is 0 Å². The van der Waals surface area contributed by atoms with Crippen molar-refractivity contribution < 1.29 is 25.2 Å². The monoisotopic (exact) mass is 857 g/mol. The molecule has 170 valence electrons. The summed E-state index contributed by atoms with van der Waals surface area (Å²) in [6.45, 7) is 0. The Bertz CT molecular complexity index is 1270. The zero-order valence-electron chi connectivity index (χ0n) is 15.2. The lowest BCUT2D eigenvalue weighted by Gasteiger charge is -2.13. The second-order valence-corrected chi connectivity index (χ2v) is 14.3. The summed E-state index contributed by atoms with van der Waals surface area (Å²) in [5, 5.41) is 0. The molecule has 0 radical (unpaired) electrons. The van der Waals surface area contributed by atoms with Gasteiger partial charge in [0.2, 0.25) is 0 Å². The molecule has 0 fully saturated rings. The van der Waals surface area contributed by atoms with Crippen molar-refractivity contribution >= 4 is 116 Å². The molecule has 0 aliphatic carbocycles. The highest BCUT2D eigenvalue weighted by Crippen LogP contribution is 2.39. The van der Waals surface area contributed by atoms with Gasteiger partial charge in [-0.3, -0.25) is 0 Å². The second-order valence-electron chi connectivity index (χ2n) is 5.95. The van der Waals surface area contributed by atoms with Crippen LogP contribution in [0.3, 0.4) is 0 Å². The lowest BCUT2D eigenvalue weighted by Crippen LogP contribution is -2.14. The molecule has 0 heterocycles. The van der Waals surface area contributed by atoms with Crippen molar-refractivity contribution in [2.75, 3.05) is 0 Å². The largest absolute Gasteiger partial charge is 0.377 e. The molecule has 0 bridgehead atoms. The fourth-order valence-electron chi connectivity index (χ4n) is 2.32. The summed E-state index contributed by atoms with van der Waals surface area (Å²) >= 11 is 19.6. The predicted octanol–water partition coefficient (Wildman–Crippen LogP) is 7.80. The first-order valence-electron chi connectivity index (χ1n) is 8.08. The van der Waals surface area contributed by atoms with Crippen molar-refractivity contribution in [3.05, 3.63) is 75.4 Å². The summed E-state index contributed by atoms with van der Waals surface area (Å²) in [7, 11) is -8.74. The zero-order chi connectivity index (χ0) is 23.8. The summed E-state index contributed by atoms with van der Waals surface area (Å²) in [6, 6.07) is 11.1. The van der Waals surface area contributed by atoms with Crippen LogP contribution in [0.5, 0.6) is 11.5 Å². The topological polar surface area (TPSA) is 86.7 Å². The van der Waals surface area contributed by atoms with Crippen LogP contribution >= 0.6 is 95.6 Å². The van der Waals surface area contributed by atoms with Gasteiger partial charge in [0.25, 0.3) is 0 Å². The van der Waals surface area contributed by atoms with Crippen LogP contribution in [0.15, 0.2) is 85.2 Å². The van der Waals surface area contributed by atoms with Crippen LogP contribution in [0.25, 0.3) is 0 Å². The van der Waals surface area contributed by atoms with E-state index in [2.05, 4.69) is 95.6 Å². The second kappa shape index (κ2) is 10.3. The molecule has 14 heteroatoms.